The lowest BCUT2D eigenvalue weighted by Gasteiger charge is -2.31. The molecule has 0 bridgehead atoms. The summed E-state index contributed by atoms with van der Waals surface area (Å²) in [5, 5.41) is 2.65. The van der Waals surface area contributed by atoms with Crippen LogP contribution in [0, 0.1) is 0 Å². The second-order valence-corrected chi connectivity index (χ2v) is 5.59. The number of rotatable bonds is 2. The molecule has 2 aromatic heterocycles. The number of carbonyl (C=O) groups is 2. The van der Waals surface area contributed by atoms with E-state index >= 15 is 0 Å². The summed E-state index contributed by atoms with van der Waals surface area (Å²) in [6.45, 7) is 1.41. The first-order valence-electron chi connectivity index (χ1n) is 7.28. The first kappa shape index (κ1) is 15.4. The maximum Gasteiger partial charge on any atom is 0.274 e. The van der Waals surface area contributed by atoms with Crippen molar-refractivity contribution in [3.05, 3.63) is 30.1 Å². The molecule has 6 nitrogen and oxygen atoms in total. The van der Waals surface area contributed by atoms with Crippen molar-refractivity contribution in [3.63, 3.8) is 0 Å². The van der Waals surface area contributed by atoms with Crippen LogP contribution in [0.3, 0.4) is 0 Å². The molecule has 2 amide bonds. The number of anilines is 1. The van der Waals surface area contributed by atoms with Crippen LogP contribution >= 0.6 is 0 Å². The zero-order valence-corrected chi connectivity index (χ0v) is 12.6. The number of hydrogen-bond acceptors (Lipinski definition) is 3. The van der Waals surface area contributed by atoms with Crippen LogP contribution in [-0.2, 0) is 4.79 Å². The maximum absolute atomic E-state index is 13.2. The van der Waals surface area contributed by atoms with E-state index in [9.17, 15) is 18.4 Å². The van der Waals surface area contributed by atoms with E-state index < -0.39 is 5.92 Å². The summed E-state index contributed by atoms with van der Waals surface area (Å²) in [6, 6.07) is 5.10. The molecular formula is C15H16F2N4O2. The Kier molecular flexibility index (Phi) is 3.75. The third-order valence-electron chi connectivity index (χ3n) is 3.80. The SMILES string of the molecule is CC(=O)Nc1cccc2nc(C(=O)N3CCC(F)(F)CC3)cn12. The van der Waals surface area contributed by atoms with Crippen LogP contribution in [0.25, 0.3) is 5.65 Å². The van der Waals surface area contributed by atoms with Gasteiger partial charge in [0.1, 0.15) is 17.2 Å². The number of likely N-dealkylation sites (tertiary alicyclic amines) is 1. The van der Waals surface area contributed by atoms with Crippen LogP contribution in [0.15, 0.2) is 24.4 Å². The topological polar surface area (TPSA) is 66.7 Å². The standard InChI is InChI=1S/C15H16F2N4O2/c1-10(22)18-12-3-2-4-13-19-11(9-21(12)13)14(23)20-7-5-15(16,17)6-8-20/h2-4,9H,5-8H2,1H3,(H,18,22). The van der Waals surface area contributed by atoms with Gasteiger partial charge in [-0.1, -0.05) is 6.07 Å². The third kappa shape index (κ3) is 3.15. The van der Waals surface area contributed by atoms with Gasteiger partial charge < -0.3 is 10.2 Å². The minimum absolute atomic E-state index is 0.0122. The summed E-state index contributed by atoms with van der Waals surface area (Å²) < 4.78 is 28.0. The number of imidazole rings is 1. The second kappa shape index (κ2) is 5.60. The molecule has 3 rings (SSSR count). The minimum Gasteiger partial charge on any atom is -0.337 e. The number of halogens is 2. The quantitative estimate of drug-likeness (QED) is 0.921. The lowest BCUT2D eigenvalue weighted by Crippen LogP contribution is -2.42. The zero-order chi connectivity index (χ0) is 16.6. The van der Waals surface area contributed by atoms with Gasteiger partial charge in [-0.15, -0.1) is 0 Å². The predicted molar refractivity (Wildman–Crippen MR) is 79.6 cm³/mol. The predicted octanol–water partition coefficient (Wildman–Crippen LogP) is 2.16. The fourth-order valence-corrected chi connectivity index (χ4v) is 2.59. The molecule has 3 heterocycles. The third-order valence-corrected chi connectivity index (χ3v) is 3.80. The van der Waals surface area contributed by atoms with Gasteiger partial charge in [0.05, 0.1) is 0 Å². The molecule has 0 unspecified atom stereocenters. The number of piperidine rings is 1. The van der Waals surface area contributed by atoms with Crippen LogP contribution in [-0.4, -0.2) is 45.1 Å². The molecule has 2 aromatic rings. The fraction of sp³-hybridized carbons (Fsp3) is 0.400. The molecular weight excluding hydrogens is 306 g/mol. The van der Waals surface area contributed by atoms with Crippen molar-refractivity contribution >= 4 is 23.3 Å². The summed E-state index contributed by atoms with van der Waals surface area (Å²) >= 11 is 0. The smallest absolute Gasteiger partial charge is 0.274 e. The lowest BCUT2D eigenvalue weighted by molar-refractivity contribution is -0.114. The number of amides is 2. The van der Waals surface area contributed by atoms with Crippen LogP contribution in [0.1, 0.15) is 30.3 Å². The summed E-state index contributed by atoms with van der Waals surface area (Å²) in [7, 11) is 0. The van der Waals surface area contributed by atoms with Gasteiger partial charge in [-0.3, -0.25) is 14.0 Å². The number of carbonyl (C=O) groups excluding carboxylic acids is 2. The highest BCUT2D eigenvalue weighted by Gasteiger charge is 2.36. The molecule has 0 aliphatic carbocycles. The monoisotopic (exact) mass is 322 g/mol. The summed E-state index contributed by atoms with van der Waals surface area (Å²) in [5.41, 5.74) is 0.676. The molecule has 0 spiro atoms. The lowest BCUT2D eigenvalue weighted by atomic mass is 10.1. The molecule has 0 aromatic carbocycles. The Morgan fingerprint density at radius 1 is 1.26 bits per heavy atom. The highest BCUT2D eigenvalue weighted by atomic mass is 19.3. The number of nitrogens with zero attached hydrogens (tertiary/aromatic N) is 3. The van der Waals surface area contributed by atoms with Crippen molar-refractivity contribution in [3.8, 4) is 0 Å². The van der Waals surface area contributed by atoms with Crippen LogP contribution in [0.2, 0.25) is 0 Å². The van der Waals surface area contributed by atoms with Crippen molar-refractivity contribution in [2.45, 2.75) is 25.7 Å². The number of nitrogens with one attached hydrogen (secondary N) is 1. The van der Waals surface area contributed by atoms with E-state index in [1.165, 1.54) is 18.0 Å². The highest BCUT2D eigenvalue weighted by Crippen LogP contribution is 2.28. The van der Waals surface area contributed by atoms with Crippen molar-refractivity contribution in [1.29, 1.82) is 0 Å². The molecule has 23 heavy (non-hydrogen) atoms. The van der Waals surface area contributed by atoms with Gasteiger partial charge in [0, 0.05) is 39.1 Å². The van der Waals surface area contributed by atoms with Gasteiger partial charge in [0.2, 0.25) is 5.91 Å². The van der Waals surface area contributed by atoms with Crippen LogP contribution < -0.4 is 5.32 Å². The summed E-state index contributed by atoms with van der Waals surface area (Å²) in [5.74, 6) is -2.82. The Labute approximate surface area is 131 Å². The van der Waals surface area contributed by atoms with Crippen LogP contribution in [0.5, 0.6) is 0 Å². The molecule has 1 N–H and O–H groups in total. The molecule has 1 fully saturated rings. The Hall–Kier alpha value is -2.51. The van der Waals surface area contributed by atoms with E-state index in [-0.39, 0.29) is 43.4 Å². The first-order chi connectivity index (χ1) is 10.9. The van der Waals surface area contributed by atoms with E-state index in [0.717, 1.165) is 0 Å². The van der Waals surface area contributed by atoms with Gasteiger partial charge >= 0.3 is 0 Å². The Balaban J connectivity index is 1.86. The number of alkyl halides is 2. The zero-order valence-electron chi connectivity index (χ0n) is 12.6. The van der Waals surface area contributed by atoms with Crippen molar-refractivity contribution in [2.24, 2.45) is 0 Å². The van der Waals surface area contributed by atoms with Crippen LogP contribution in [0.4, 0.5) is 14.6 Å². The normalized spacial score (nSPS) is 17.3. The van der Waals surface area contributed by atoms with E-state index in [0.29, 0.717) is 11.5 Å². The first-order valence-corrected chi connectivity index (χ1v) is 7.28. The number of pyridine rings is 1. The summed E-state index contributed by atoms with van der Waals surface area (Å²) in [6.07, 6.45) is 0.849. The van der Waals surface area contributed by atoms with E-state index in [1.807, 2.05) is 0 Å². The number of aromatic nitrogens is 2. The average Bonchev–Trinajstić information content (AvgIpc) is 2.91. The molecule has 0 atom stereocenters. The molecule has 1 aliphatic heterocycles. The average molecular weight is 322 g/mol. The van der Waals surface area contributed by atoms with E-state index in [1.54, 1.807) is 22.6 Å². The Bertz CT molecular complexity index is 762. The number of hydrogen-bond donors (Lipinski definition) is 1. The van der Waals surface area contributed by atoms with Crippen molar-refractivity contribution in [2.75, 3.05) is 18.4 Å². The van der Waals surface area contributed by atoms with E-state index in [2.05, 4.69) is 10.3 Å². The molecule has 1 saturated heterocycles. The number of fused-ring (bicyclic) bond motifs is 1. The summed E-state index contributed by atoms with van der Waals surface area (Å²) in [4.78, 5) is 29.3. The largest absolute Gasteiger partial charge is 0.337 e. The van der Waals surface area contributed by atoms with Gasteiger partial charge in [0.15, 0.2) is 0 Å². The second-order valence-electron chi connectivity index (χ2n) is 5.59. The van der Waals surface area contributed by atoms with Crippen molar-refractivity contribution < 1.29 is 18.4 Å². The minimum atomic E-state index is -2.70. The molecule has 8 heteroatoms. The van der Waals surface area contributed by atoms with Gasteiger partial charge in [-0.05, 0) is 12.1 Å². The van der Waals surface area contributed by atoms with Gasteiger partial charge in [0.25, 0.3) is 11.8 Å². The molecule has 0 saturated carbocycles. The Morgan fingerprint density at radius 2 is 1.96 bits per heavy atom. The van der Waals surface area contributed by atoms with E-state index in [4.69, 9.17) is 0 Å². The highest BCUT2D eigenvalue weighted by molar-refractivity contribution is 5.93. The van der Waals surface area contributed by atoms with Gasteiger partial charge in [-0.25, -0.2) is 13.8 Å². The molecule has 1 aliphatic rings. The maximum atomic E-state index is 13.2. The Morgan fingerprint density at radius 3 is 2.61 bits per heavy atom. The molecule has 122 valence electrons. The molecule has 0 radical (unpaired) electrons. The van der Waals surface area contributed by atoms with Crippen molar-refractivity contribution in [1.82, 2.24) is 14.3 Å². The van der Waals surface area contributed by atoms with Gasteiger partial charge in [-0.2, -0.15) is 0 Å². The fourth-order valence-electron chi connectivity index (χ4n) is 2.59.